The van der Waals surface area contributed by atoms with E-state index in [9.17, 15) is 0 Å². The summed E-state index contributed by atoms with van der Waals surface area (Å²) in [6, 6.07) is 13.0. The van der Waals surface area contributed by atoms with Crippen molar-refractivity contribution in [2.75, 3.05) is 5.43 Å². The minimum Gasteiger partial charge on any atom is -0.260 e. The molecule has 0 radical (unpaired) electrons. The van der Waals surface area contributed by atoms with Gasteiger partial charge in [-0.1, -0.05) is 41.9 Å². The van der Waals surface area contributed by atoms with E-state index in [0.29, 0.717) is 22.5 Å². The number of halogens is 1. The van der Waals surface area contributed by atoms with Crippen LogP contribution in [-0.4, -0.2) is 25.6 Å². The zero-order valence-corrected chi connectivity index (χ0v) is 12.1. The second-order valence-corrected chi connectivity index (χ2v) is 4.62. The second-order valence-electron chi connectivity index (χ2n) is 4.24. The highest BCUT2D eigenvalue weighted by atomic mass is 35.5. The highest BCUT2D eigenvalue weighted by molar-refractivity contribution is 6.29. The third kappa shape index (κ3) is 3.42. The van der Waals surface area contributed by atoms with Gasteiger partial charge in [-0.2, -0.15) is 5.10 Å². The Kier molecular flexibility index (Phi) is 4.31. The lowest BCUT2D eigenvalue weighted by atomic mass is 10.1. The third-order valence-electron chi connectivity index (χ3n) is 2.74. The van der Waals surface area contributed by atoms with Crippen LogP contribution in [0.15, 0.2) is 66.3 Å². The van der Waals surface area contributed by atoms with Crippen LogP contribution < -0.4 is 5.43 Å². The standard InChI is InChI=1S/C15H11ClN6/c16-12-9-13(20-10-19-12)21-22-14(11-5-2-1-3-6-11)15-17-7-4-8-18-15/h1-10H,(H,19,20,21)/b22-14-. The molecule has 2 heterocycles. The van der Waals surface area contributed by atoms with E-state index in [1.54, 1.807) is 24.5 Å². The Morgan fingerprint density at radius 1 is 0.955 bits per heavy atom. The van der Waals surface area contributed by atoms with Crippen molar-refractivity contribution >= 4 is 23.1 Å². The van der Waals surface area contributed by atoms with Crippen LogP contribution in [0.3, 0.4) is 0 Å². The predicted molar refractivity (Wildman–Crippen MR) is 84.8 cm³/mol. The van der Waals surface area contributed by atoms with Crippen molar-refractivity contribution in [3.05, 3.63) is 77.7 Å². The summed E-state index contributed by atoms with van der Waals surface area (Å²) in [6.45, 7) is 0. The average molecular weight is 311 g/mol. The Balaban J connectivity index is 1.97. The quantitative estimate of drug-likeness (QED) is 0.455. The van der Waals surface area contributed by atoms with Crippen LogP contribution in [0.25, 0.3) is 0 Å². The summed E-state index contributed by atoms with van der Waals surface area (Å²) in [5.41, 5.74) is 4.35. The van der Waals surface area contributed by atoms with Gasteiger partial charge in [-0.3, -0.25) is 5.43 Å². The summed E-state index contributed by atoms with van der Waals surface area (Å²) in [6.07, 6.45) is 4.70. The highest BCUT2D eigenvalue weighted by Gasteiger charge is 2.09. The van der Waals surface area contributed by atoms with E-state index in [2.05, 4.69) is 30.5 Å². The van der Waals surface area contributed by atoms with Crippen molar-refractivity contribution < 1.29 is 0 Å². The van der Waals surface area contributed by atoms with E-state index in [1.165, 1.54) is 6.33 Å². The van der Waals surface area contributed by atoms with Crippen LogP contribution >= 0.6 is 11.6 Å². The summed E-state index contributed by atoms with van der Waals surface area (Å²) in [7, 11) is 0. The third-order valence-corrected chi connectivity index (χ3v) is 2.95. The Morgan fingerprint density at radius 2 is 1.73 bits per heavy atom. The van der Waals surface area contributed by atoms with Gasteiger partial charge < -0.3 is 0 Å². The van der Waals surface area contributed by atoms with Crippen LogP contribution in [0.1, 0.15) is 11.4 Å². The zero-order chi connectivity index (χ0) is 15.2. The molecule has 6 nitrogen and oxygen atoms in total. The van der Waals surface area contributed by atoms with Gasteiger partial charge in [-0.05, 0) is 6.07 Å². The lowest BCUT2D eigenvalue weighted by Gasteiger charge is -2.06. The minimum absolute atomic E-state index is 0.338. The summed E-state index contributed by atoms with van der Waals surface area (Å²) < 4.78 is 0. The second kappa shape index (κ2) is 6.73. The number of hydrogen-bond acceptors (Lipinski definition) is 6. The van der Waals surface area contributed by atoms with Gasteiger partial charge >= 0.3 is 0 Å². The molecule has 3 rings (SSSR count). The van der Waals surface area contributed by atoms with Gasteiger partial charge in [0.05, 0.1) is 0 Å². The molecule has 0 saturated carbocycles. The molecular formula is C15H11ClN6. The fraction of sp³-hybridized carbons (Fsp3) is 0. The molecule has 0 aliphatic heterocycles. The first-order valence-corrected chi connectivity index (χ1v) is 6.85. The van der Waals surface area contributed by atoms with E-state index in [-0.39, 0.29) is 0 Å². The smallest absolute Gasteiger partial charge is 0.180 e. The molecule has 7 heteroatoms. The van der Waals surface area contributed by atoms with E-state index in [4.69, 9.17) is 11.6 Å². The van der Waals surface area contributed by atoms with Gasteiger partial charge in [0.25, 0.3) is 0 Å². The van der Waals surface area contributed by atoms with Crippen molar-refractivity contribution in [1.29, 1.82) is 0 Å². The zero-order valence-electron chi connectivity index (χ0n) is 11.4. The molecular weight excluding hydrogens is 300 g/mol. The van der Waals surface area contributed by atoms with Gasteiger partial charge in [-0.15, -0.1) is 0 Å². The molecule has 0 amide bonds. The number of hydrogen-bond donors (Lipinski definition) is 1. The number of aromatic nitrogens is 4. The Morgan fingerprint density at radius 3 is 2.45 bits per heavy atom. The first-order valence-electron chi connectivity index (χ1n) is 6.47. The molecule has 0 spiro atoms. The predicted octanol–water partition coefficient (Wildman–Crippen LogP) is 2.78. The first-order chi connectivity index (χ1) is 10.8. The molecule has 3 aromatic rings. The van der Waals surface area contributed by atoms with Gasteiger partial charge in [0.15, 0.2) is 11.6 Å². The van der Waals surface area contributed by atoms with E-state index < -0.39 is 0 Å². The maximum atomic E-state index is 5.83. The monoisotopic (exact) mass is 310 g/mol. The van der Waals surface area contributed by atoms with Crippen molar-refractivity contribution in [3.8, 4) is 0 Å². The van der Waals surface area contributed by atoms with Crippen molar-refractivity contribution in [2.24, 2.45) is 5.10 Å². The van der Waals surface area contributed by atoms with Crippen LogP contribution in [0.4, 0.5) is 5.82 Å². The van der Waals surface area contributed by atoms with Crippen molar-refractivity contribution in [3.63, 3.8) is 0 Å². The number of benzene rings is 1. The molecule has 0 fully saturated rings. The van der Waals surface area contributed by atoms with Gasteiger partial charge in [0.1, 0.15) is 17.2 Å². The molecule has 1 N–H and O–H groups in total. The number of hydrazone groups is 1. The maximum absolute atomic E-state index is 5.83. The van der Waals surface area contributed by atoms with Crippen molar-refractivity contribution in [1.82, 2.24) is 19.9 Å². The fourth-order valence-electron chi connectivity index (χ4n) is 1.77. The lowest BCUT2D eigenvalue weighted by molar-refractivity contribution is 1.11. The number of nitrogens with zero attached hydrogens (tertiary/aromatic N) is 5. The van der Waals surface area contributed by atoms with Gasteiger partial charge in [-0.25, -0.2) is 19.9 Å². The molecule has 0 aliphatic carbocycles. The van der Waals surface area contributed by atoms with Crippen LogP contribution in [0.2, 0.25) is 5.15 Å². The lowest BCUT2D eigenvalue weighted by Crippen LogP contribution is -2.10. The summed E-state index contributed by atoms with van der Waals surface area (Å²) in [5.74, 6) is 1.01. The fourth-order valence-corrected chi connectivity index (χ4v) is 1.92. The molecule has 0 saturated heterocycles. The molecule has 2 aromatic heterocycles. The van der Waals surface area contributed by atoms with Crippen LogP contribution in [-0.2, 0) is 0 Å². The molecule has 0 unspecified atom stereocenters. The van der Waals surface area contributed by atoms with E-state index in [0.717, 1.165) is 5.56 Å². The van der Waals surface area contributed by atoms with E-state index >= 15 is 0 Å². The minimum atomic E-state index is 0.338. The molecule has 1 aromatic carbocycles. The Labute approximate surface area is 132 Å². The SMILES string of the molecule is Clc1cc(N/N=C(/c2ccccc2)c2ncccn2)ncn1. The largest absolute Gasteiger partial charge is 0.260 e. The summed E-state index contributed by atoms with van der Waals surface area (Å²) in [4.78, 5) is 16.4. The van der Waals surface area contributed by atoms with Crippen LogP contribution in [0, 0.1) is 0 Å². The first kappa shape index (κ1) is 14.1. The van der Waals surface area contributed by atoms with Gasteiger partial charge in [0, 0.05) is 24.0 Å². The molecule has 0 atom stereocenters. The summed E-state index contributed by atoms with van der Waals surface area (Å²) >= 11 is 5.83. The average Bonchev–Trinajstić information content (AvgIpc) is 2.57. The number of anilines is 1. The highest BCUT2D eigenvalue weighted by Crippen LogP contribution is 2.11. The van der Waals surface area contributed by atoms with E-state index in [1.807, 2.05) is 30.3 Å². The molecule has 0 aliphatic rings. The molecule has 0 bridgehead atoms. The normalized spacial score (nSPS) is 11.2. The maximum Gasteiger partial charge on any atom is 0.180 e. The number of rotatable bonds is 4. The molecule has 108 valence electrons. The summed E-state index contributed by atoms with van der Waals surface area (Å²) in [5, 5.41) is 4.71. The van der Waals surface area contributed by atoms with Crippen LogP contribution in [0.5, 0.6) is 0 Å². The topological polar surface area (TPSA) is 76.0 Å². The molecule has 22 heavy (non-hydrogen) atoms. The Bertz CT molecular complexity index is 735. The van der Waals surface area contributed by atoms with Crippen molar-refractivity contribution in [2.45, 2.75) is 0 Å². The van der Waals surface area contributed by atoms with Gasteiger partial charge in [0.2, 0.25) is 0 Å². The number of nitrogens with one attached hydrogen (secondary N) is 1. The Hall–Kier alpha value is -2.86.